The van der Waals surface area contributed by atoms with Crippen LogP contribution in [0.5, 0.6) is 0 Å². The van der Waals surface area contributed by atoms with Crippen LogP contribution in [0, 0.1) is 6.92 Å². The number of amides is 1. The largest absolute Gasteiger partial charge is 0.444 e. The Morgan fingerprint density at radius 3 is 2.57 bits per heavy atom. The van der Waals surface area contributed by atoms with E-state index in [2.05, 4.69) is 21.3 Å². The molecule has 0 unspecified atom stereocenters. The lowest BCUT2D eigenvalue weighted by Crippen LogP contribution is -2.45. The molecule has 2 aromatic rings. The zero-order valence-electron chi connectivity index (χ0n) is 18.1. The number of hydrogen-bond donors (Lipinski definition) is 2. The second kappa shape index (κ2) is 8.87. The molecule has 1 aromatic heterocycles. The lowest BCUT2D eigenvalue weighted by molar-refractivity contribution is 0.0477. The SMILES string of the molecule is Cc1cc(CN2CCC(NC(=O)OC(C)(C)C)CC2)ccc1-n1ccc(N)nc1=O. The minimum absolute atomic E-state index is 0.144. The van der Waals surface area contributed by atoms with E-state index in [0.29, 0.717) is 0 Å². The van der Waals surface area contributed by atoms with Gasteiger partial charge in [0.2, 0.25) is 0 Å². The lowest BCUT2D eigenvalue weighted by atomic mass is 10.0. The number of anilines is 1. The lowest BCUT2D eigenvalue weighted by Gasteiger charge is -2.33. The third-order valence-electron chi connectivity index (χ3n) is 5.06. The van der Waals surface area contributed by atoms with Crippen molar-refractivity contribution in [3.63, 3.8) is 0 Å². The van der Waals surface area contributed by atoms with E-state index < -0.39 is 5.60 Å². The van der Waals surface area contributed by atoms with Crippen LogP contribution in [0.2, 0.25) is 0 Å². The third kappa shape index (κ3) is 5.82. The summed E-state index contributed by atoms with van der Waals surface area (Å²) < 4.78 is 6.84. The first-order valence-corrected chi connectivity index (χ1v) is 10.3. The molecule has 0 aliphatic carbocycles. The number of likely N-dealkylation sites (tertiary alicyclic amines) is 1. The van der Waals surface area contributed by atoms with Crippen molar-refractivity contribution in [2.75, 3.05) is 18.8 Å². The van der Waals surface area contributed by atoms with Crippen LogP contribution in [0.4, 0.5) is 10.6 Å². The van der Waals surface area contributed by atoms with Crippen molar-refractivity contribution in [1.82, 2.24) is 19.8 Å². The third-order valence-corrected chi connectivity index (χ3v) is 5.06. The van der Waals surface area contributed by atoms with Crippen LogP contribution in [0.15, 0.2) is 35.3 Å². The summed E-state index contributed by atoms with van der Waals surface area (Å²) in [6, 6.07) is 7.84. The van der Waals surface area contributed by atoms with Gasteiger partial charge in [0.15, 0.2) is 0 Å². The van der Waals surface area contributed by atoms with Gasteiger partial charge in [-0.25, -0.2) is 9.59 Å². The highest BCUT2D eigenvalue weighted by molar-refractivity contribution is 5.68. The Morgan fingerprint density at radius 1 is 1.27 bits per heavy atom. The summed E-state index contributed by atoms with van der Waals surface area (Å²) in [7, 11) is 0. The Labute approximate surface area is 177 Å². The van der Waals surface area contributed by atoms with E-state index in [-0.39, 0.29) is 23.6 Å². The van der Waals surface area contributed by atoms with Crippen LogP contribution < -0.4 is 16.7 Å². The van der Waals surface area contributed by atoms with E-state index in [1.54, 1.807) is 12.3 Å². The standard InChI is InChI=1S/C22H31N5O3/c1-15-13-16(5-6-18(15)27-12-9-19(23)25-20(27)28)14-26-10-7-17(8-11-26)24-21(29)30-22(2,3)4/h5-6,9,12-13,17H,7-8,10-11,14H2,1-4H3,(H,24,29)(H2,23,25,28). The topological polar surface area (TPSA) is 102 Å². The Bertz CT molecular complexity index is 956. The Kier molecular flexibility index (Phi) is 6.45. The van der Waals surface area contributed by atoms with Crippen LogP contribution in [0.1, 0.15) is 44.7 Å². The molecule has 30 heavy (non-hydrogen) atoms. The number of carbonyl (C=O) groups is 1. The van der Waals surface area contributed by atoms with Gasteiger partial charge in [0, 0.05) is 31.9 Å². The van der Waals surface area contributed by atoms with Gasteiger partial charge in [-0.05, 0) is 63.8 Å². The highest BCUT2D eigenvalue weighted by atomic mass is 16.6. The minimum Gasteiger partial charge on any atom is -0.444 e. The molecule has 8 heteroatoms. The molecule has 1 fully saturated rings. The normalized spacial score (nSPS) is 15.7. The molecular weight excluding hydrogens is 382 g/mol. The molecule has 0 saturated carbocycles. The molecule has 0 radical (unpaired) electrons. The number of aromatic nitrogens is 2. The smallest absolute Gasteiger partial charge is 0.407 e. The van der Waals surface area contributed by atoms with Crippen LogP contribution in [-0.4, -0.2) is 45.3 Å². The maximum atomic E-state index is 12.1. The first kappa shape index (κ1) is 21.8. The minimum atomic E-state index is -0.484. The number of rotatable bonds is 4. The van der Waals surface area contributed by atoms with Gasteiger partial charge in [-0.15, -0.1) is 0 Å². The number of ether oxygens (including phenoxy) is 1. The highest BCUT2D eigenvalue weighted by Crippen LogP contribution is 2.19. The van der Waals surface area contributed by atoms with Crippen molar-refractivity contribution in [2.24, 2.45) is 0 Å². The molecule has 1 aliphatic heterocycles. The molecule has 8 nitrogen and oxygen atoms in total. The van der Waals surface area contributed by atoms with Gasteiger partial charge in [0.1, 0.15) is 11.4 Å². The van der Waals surface area contributed by atoms with E-state index in [0.717, 1.165) is 43.7 Å². The van der Waals surface area contributed by atoms with Gasteiger partial charge < -0.3 is 15.8 Å². The maximum absolute atomic E-state index is 12.1. The number of nitrogens with zero attached hydrogens (tertiary/aromatic N) is 3. The number of nitrogens with two attached hydrogens (primary N) is 1. The fraction of sp³-hybridized carbons (Fsp3) is 0.500. The molecule has 3 rings (SSSR count). The number of benzene rings is 1. The zero-order valence-corrected chi connectivity index (χ0v) is 18.1. The molecule has 2 heterocycles. The molecule has 162 valence electrons. The number of carbonyl (C=O) groups excluding carboxylic acids is 1. The van der Waals surface area contributed by atoms with Crippen LogP contribution >= 0.6 is 0 Å². The van der Waals surface area contributed by atoms with Crippen LogP contribution in [0.25, 0.3) is 5.69 Å². The van der Waals surface area contributed by atoms with Crippen LogP contribution in [-0.2, 0) is 11.3 Å². The Hall–Kier alpha value is -2.87. The van der Waals surface area contributed by atoms with Crippen molar-refractivity contribution in [3.05, 3.63) is 52.1 Å². The van der Waals surface area contributed by atoms with Gasteiger partial charge in [0.05, 0.1) is 5.69 Å². The molecule has 1 aliphatic rings. The fourth-order valence-corrected chi connectivity index (χ4v) is 3.65. The molecule has 0 bridgehead atoms. The Balaban J connectivity index is 1.56. The second-order valence-corrected chi connectivity index (χ2v) is 8.82. The number of aryl methyl sites for hydroxylation is 1. The number of nitrogens with one attached hydrogen (secondary N) is 1. The molecule has 1 aromatic carbocycles. The van der Waals surface area contributed by atoms with Crippen molar-refractivity contribution >= 4 is 11.9 Å². The van der Waals surface area contributed by atoms with E-state index >= 15 is 0 Å². The molecule has 0 spiro atoms. The summed E-state index contributed by atoms with van der Waals surface area (Å²) in [5, 5.41) is 2.97. The summed E-state index contributed by atoms with van der Waals surface area (Å²) >= 11 is 0. The molecule has 1 amide bonds. The average molecular weight is 414 g/mol. The molecule has 1 saturated heterocycles. The summed E-state index contributed by atoms with van der Waals surface area (Å²) in [5.74, 6) is 0.218. The fourth-order valence-electron chi connectivity index (χ4n) is 3.65. The van der Waals surface area contributed by atoms with Crippen molar-refractivity contribution in [2.45, 2.75) is 58.7 Å². The number of piperidine rings is 1. The van der Waals surface area contributed by atoms with E-state index in [4.69, 9.17) is 10.5 Å². The average Bonchev–Trinajstić information content (AvgIpc) is 2.63. The first-order chi connectivity index (χ1) is 14.1. The Morgan fingerprint density at radius 2 is 1.97 bits per heavy atom. The molecule has 3 N–H and O–H groups in total. The summed E-state index contributed by atoms with van der Waals surface area (Å²) in [6.45, 7) is 10.2. The predicted molar refractivity (Wildman–Crippen MR) is 117 cm³/mol. The first-order valence-electron chi connectivity index (χ1n) is 10.3. The number of hydrogen-bond acceptors (Lipinski definition) is 6. The zero-order chi connectivity index (χ0) is 21.9. The van der Waals surface area contributed by atoms with Gasteiger partial charge >= 0.3 is 11.8 Å². The summed E-state index contributed by atoms with van der Waals surface area (Å²) in [6.07, 6.45) is 3.08. The van der Waals surface area contributed by atoms with E-state index in [9.17, 15) is 9.59 Å². The molecular formula is C22H31N5O3. The maximum Gasteiger partial charge on any atom is 0.407 e. The predicted octanol–water partition coefficient (Wildman–Crippen LogP) is 2.61. The second-order valence-electron chi connectivity index (χ2n) is 8.82. The van der Waals surface area contributed by atoms with E-state index in [1.807, 2.05) is 39.8 Å². The van der Waals surface area contributed by atoms with E-state index in [1.165, 1.54) is 10.1 Å². The van der Waals surface area contributed by atoms with Gasteiger partial charge in [-0.3, -0.25) is 9.47 Å². The van der Waals surface area contributed by atoms with Crippen molar-refractivity contribution in [3.8, 4) is 5.69 Å². The summed E-state index contributed by atoms with van der Waals surface area (Å²) in [5.41, 5.74) is 7.70. The number of alkyl carbamates (subject to hydrolysis) is 1. The van der Waals surface area contributed by atoms with Gasteiger partial charge in [0.25, 0.3) is 0 Å². The van der Waals surface area contributed by atoms with Gasteiger partial charge in [-0.2, -0.15) is 4.98 Å². The van der Waals surface area contributed by atoms with Crippen molar-refractivity contribution in [1.29, 1.82) is 0 Å². The van der Waals surface area contributed by atoms with Crippen molar-refractivity contribution < 1.29 is 9.53 Å². The summed E-state index contributed by atoms with van der Waals surface area (Å²) in [4.78, 5) is 30.2. The van der Waals surface area contributed by atoms with Gasteiger partial charge in [-0.1, -0.05) is 12.1 Å². The molecule has 0 atom stereocenters. The quantitative estimate of drug-likeness (QED) is 0.799. The highest BCUT2D eigenvalue weighted by Gasteiger charge is 2.23. The van der Waals surface area contributed by atoms with Crippen LogP contribution in [0.3, 0.4) is 0 Å². The monoisotopic (exact) mass is 413 g/mol. The number of nitrogen functional groups attached to an aromatic ring is 1.